The fourth-order valence-corrected chi connectivity index (χ4v) is 2.12. The summed E-state index contributed by atoms with van der Waals surface area (Å²) in [4.78, 5) is 4.27. The fraction of sp³-hybridized carbons (Fsp3) is 0.267. The molecule has 0 bridgehead atoms. The first-order valence-corrected chi connectivity index (χ1v) is 6.55. The van der Waals surface area contributed by atoms with Gasteiger partial charge in [-0.1, -0.05) is 36.7 Å². The van der Waals surface area contributed by atoms with E-state index >= 15 is 0 Å². The van der Waals surface area contributed by atoms with E-state index in [1.54, 1.807) is 12.3 Å². The highest BCUT2D eigenvalue weighted by molar-refractivity contribution is 6.31. The molecular formula is C15H15ClFNO. The molecule has 1 atom stereocenters. The van der Waals surface area contributed by atoms with E-state index in [-0.39, 0.29) is 5.02 Å². The first kappa shape index (κ1) is 14.0. The SMILES string of the molecule is CCc1ccc(CC(O)c2cccc(F)c2Cl)nc1. The Hall–Kier alpha value is -1.45. The molecule has 0 radical (unpaired) electrons. The maximum Gasteiger partial charge on any atom is 0.142 e. The van der Waals surface area contributed by atoms with Crippen molar-refractivity contribution in [3.63, 3.8) is 0 Å². The van der Waals surface area contributed by atoms with Crippen LogP contribution in [0.5, 0.6) is 0 Å². The molecule has 2 rings (SSSR count). The van der Waals surface area contributed by atoms with E-state index < -0.39 is 11.9 Å². The largest absolute Gasteiger partial charge is 0.388 e. The Kier molecular flexibility index (Phi) is 4.51. The normalized spacial score (nSPS) is 12.4. The van der Waals surface area contributed by atoms with Gasteiger partial charge >= 0.3 is 0 Å². The molecule has 1 heterocycles. The van der Waals surface area contributed by atoms with Crippen LogP contribution in [-0.4, -0.2) is 10.1 Å². The van der Waals surface area contributed by atoms with Gasteiger partial charge in [-0.2, -0.15) is 0 Å². The minimum atomic E-state index is -0.858. The first-order valence-electron chi connectivity index (χ1n) is 6.17. The number of halogens is 2. The van der Waals surface area contributed by atoms with Gasteiger partial charge in [0.1, 0.15) is 5.82 Å². The van der Waals surface area contributed by atoms with Gasteiger partial charge in [0.05, 0.1) is 11.1 Å². The third-order valence-corrected chi connectivity index (χ3v) is 3.44. The minimum Gasteiger partial charge on any atom is -0.388 e. The van der Waals surface area contributed by atoms with Gasteiger partial charge in [-0.3, -0.25) is 4.98 Å². The van der Waals surface area contributed by atoms with Gasteiger partial charge in [0.25, 0.3) is 0 Å². The number of aliphatic hydroxyl groups excluding tert-OH is 1. The number of aryl methyl sites for hydroxylation is 1. The summed E-state index contributed by atoms with van der Waals surface area (Å²) in [7, 11) is 0. The van der Waals surface area contributed by atoms with Crippen molar-refractivity contribution in [1.29, 1.82) is 0 Å². The minimum absolute atomic E-state index is 0.0276. The molecule has 0 amide bonds. The van der Waals surface area contributed by atoms with Crippen LogP contribution in [0.4, 0.5) is 4.39 Å². The molecule has 0 fully saturated rings. The Morgan fingerprint density at radius 2 is 2.11 bits per heavy atom. The van der Waals surface area contributed by atoms with E-state index in [1.165, 1.54) is 12.1 Å². The van der Waals surface area contributed by atoms with Gasteiger partial charge in [-0.25, -0.2) is 4.39 Å². The topological polar surface area (TPSA) is 33.1 Å². The molecule has 1 unspecified atom stereocenters. The molecule has 2 nitrogen and oxygen atoms in total. The summed E-state index contributed by atoms with van der Waals surface area (Å²) in [6.07, 6.45) is 2.16. The molecule has 0 spiro atoms. The lowest BCUT2D eigenvalue weighted by atomic mass is 10.0. The second-order valence-electron chi connectivity index (χ2n) is 4.37. The summed E-state index contributed by atoms with van der Waals surface area (Å²) in [6.45, 7) is 2.05. The van der Waals surface area contributed by atoms with Crippen LogP contribution >= 0.6 is 11.6 Å². The van der Waals surface area contributed by atoms with Crippen LogP contribution in [0.2, 0.25) is 5.02 Å². The van der Waals surface area contributed by atoms with E-state index in [0.29, 0.717) is 12.0 Å². The van der Waals surface area contributed by atoms with Crippen LogP contribution in [0.25, 0.3) is 0 Å². The third kappa shape index (κ3) is 3.31. The second-order valence-corrected chi connectivity index (χ2v) is 4.75. The van der Waals surface area contributed by atoms with E-state index in [1.807, 2.05) is 12.1 Å². The second kappa shape index (κ2) is 6.13. The lowest BCUT2D eigenvalue weighted by Crippen LogP contribution is -2.05. The molecule has 1 N–H and O–H groups in total. The van der Waals surface area contributed by atoms with Crippen molar-refractivity contribution >= 4 is 11.6 Å². The van der Waals surface area contributed by atoms with Crippen LogP contribution in [0.3, 0.4) is 0 Å². The monoisotopic (exact) mass is 279 g/mol. The maximum absolute atomic E-state index is 13.3. The molecule has 0 aliphatic carbocycles. The Labute approximate surface area is 116 Å². The van der Waals surface area contributed by atoms with Crippen molar-refractivity contribution in [2.75, 3.05) is 0 Å². The highest BCUT2D eigenvalue weighted by atomic mass is 35.5. The molecule has 19 heavy (non-hydrogen) atoms. The van der Waals surface area contributed by atoms with Crippen LogP contribution < -0.4 is 0 Å². The lowest BCUT2D eigenvalue weighted by molar-refractivity contribution is 0.177. The molecule has 2 aromatic rings. The van der Waals surface area contributed by atoms with Crippen LogP contribution in [0, 0.1) is 5.82 Å². The summed E-state index contributed by atoms with van der Waals surface area (Å²) in [5.41, 5.74) is 2.29. The third-order valence-electron chi connectivity index (χ3n) is 3.04. The van der Waals surface area contributed by atoms with Gasteiger partial charge in [0.15, 0.2) is 0 Å². The number of aromatic nitrogens is 1. The quantitative estimate of drug-likeness (QED) is 0.925. The van der Waals surface area contributed by atoms with Gasteiger partial charge in [-0.15, -0.1) is 0 Å². The van der Waals surface area contributed by atoms with Crippen molar-refractivity contribution in [3.8, 4) is 0 Å². The number of hydrogen-bond acceptors (Lipinski definition) is 2. The number of hydrogen-bond donors (Lipinski definition) is 1. The van der Waals surface area contributed by atoms with Gasteiger partial charge in [-0.05, 0) is 24.1 Å². The predicted octanol–water partition coefficient (Wildman–Crippen LogP) is 3.71. The molecule has 0 aliphatic heterocycles. The van der Waals surface area contributed by atoms with Crippen molar-refractivity contribution in [2.24, 2.45) is 0 Å². The van der Waals surface area contributed by atoms with Gasteiger partial charge < -0.3 is 5.11 Å². The average Bonchev–Trinajstić information content (AvgIpc) is 2.42. The number of aliphatic hydroxyl groups is 1. The number of benzene rings is 1. The first-order chi connectivity index (χ1) is 9.11. The Morgan fingerprint density at radius 1 is 1.32 bits per heavy atom. The summed E-state index contributed by atoms with van der Waals surface area (Å²) in [5, 5.41) is 10.1. The van der Waals surface area contributed by atoms with Crippen molar-refractivity contribution in [1.82, 2.24) is 4.98 Å². The van der Waals surface area contributed by atoms with E-state index in [2.05, 4.69) is 11.9 Å². The van der Waals surface area contributed by atoms with Crippen LogP contribution in [0.1, 0.15) is 29.8 Å². The van der Waals surface area contributed by atoms with E-state index in [0.717, 1.165) is 17.7 Å². The van der Waals surface area contributed by atoms with Crippen LogP contribution in [-0.2, 0) is 12.8 Å². The van der Waals surface area contributed by atoms with Gasteiger partial charge in [0.2, 0.25) is 0 Å². The van der Waals surface area contributed by atoms with E-state index in [4.69, 9.17) is 11.6 Å². The predicted molar refractivity (Wildman–Crippen MR) is 73.7 cm³/mol. The summed E-state index contributed by atoms with van der Waals surface area (Å²) in [6, 6.07) is 8.27. The summed E-state index contributed by atoms with van der Waals surface area (Å²) < 4.78 is 13.3. The molecule has 100 valence electrons. The molecule has 0 saturated carbocycles. The average molecular weight is 280 g/mol. The van der Waals surface area contributed by atoms with Crippen molar-refractivity contribution < 1.29 is 9.50 Å². The van der Waals surface area contributed by atoms with Crippen LogP contribution in [0.15, 0.2) is 36.5 Å². The highest BCUT2D eigenvalue weighted by Gasteiger charge is 2.15. The summed E-state index contributed by atoms with van der Waals surface area (Å²) >= 11 is 5.85. The highest BCUT2D eigenvalue weighted by Crippen LogP contribution is 2.27. The van der Waals surface area contributed by atoms with E-state index in [9.17, 15) is 9.50 Å². The Bertz CT molecular complexity index is 557. The van der Waals surface area contributed by atoms with Crippen molar-refractivity contribution in [3.05, 3.63) is 64.2 Å². The van der Waals surface area contributed by atoms with Gasteiger partial charge in [0, 0.05) is 23.9 Å². The zero-order valence-corrected chi connectivity index (χ0v) is 11.4. The number of rotatable bonds is 4. The molecule has 4 heteroatoms. The Balaban J connectivity index is 2.15. The fourth-order valence-electron chi connectivity index (χ4n) is 1.87. The smallest absolute Gasteiger partial charge is 0.142 e. The summed E-state index contributed by atoms with van der Waals surface area (Å²) in [5.74, 6) is -0.521. The lowest BCUT2D eigenvalue weighted by Gasteiger charge is -2.12. The maximum atomic E-state index is 13.3. The molecule has 0 aliphatic rings. The number of nitrogens with zero attached hydrogens (tertiary/aromatic N) is 1. The van der Waals surface area contributed by atoms with Crippen molar-refractivity contribution in [2.45, 2.75) is 25.9 Å². The molecular weight excluding hydrogens is 265 g/mol. The number of pyridine rings is 1. The molecule has 0 saturated heterocycles. The molecule has 1 aromatic heterocycles. The Morgan fingerprint density at radius 3 is 2.74 bits per heavy atom. The zero-order chi connectivity index (χ0) is 13.8. The zero-order valence-electron chi connectivity index (χ0n) is 10.6. The standard InChI is InChI=1S/C15H15ClFNO/c1-2-10-6-7-11(18-9-10)8-14(19)12-4-3-5-13(17)15(12)16/h3-7,9,14,19H,2,8H2,1H3. The molecule has 1 aromatic carbocycles.